The topological polar surface area (TPSA) is 42.0 Å². The zero-order chi connectivity index (χ0) is 19.2. The fraction of sp³-hybridized carbons (Fsp3) is 0.286. The van der Waals surface area contributed by atoms with E-state index in [1.165, 1.54) is 0 Å². The van der Waals surface area contributed by atoms with Crippen LogP contribution in [0, 0.1) is 0 Å². The molecule has 142 valence electrons. The third kappa shape index (κ3) is 5.49. The highest BCUT2D eigenvalue weighted by Gasteiger charge is 2.14. The first-order chi connectivity index (χ1) is 13.0. The van der Waals surface area contributed by atoms with Crippen LogP contribution >= 0.6 is 11.6 Å². The molecule has 0 N–H and O–H groups in total. The zero-order valence-electron chi connectivity index (χ0n) is 15.5. The Morgan fingerprint density at radius 2 is 1.81 bits per heavy atom. The Morgan fingerprint density at radius 3 is 2.56 bits per heavy atom. The van der Waals surface area contributed by atoms with E-state index in [9.17, 15) is 4.79 Å². The van der Waals surface area contributed by atoms with Crippen LogP contribution < -0.4 is 9.47 Å². The fourth-order valence-electron chi connectivity index (χ4n) is 2.69. The van der Waals surface area contributed by atoms with Crippen molar-refractivity contribution >= 4 is 23.6 Å². The van der Waals surface area contributed by atoms with Crippen LogP contribution in [0.25, 0.3) is 6.08 Å². The minimum absolute atomic E-state index is 0.0375. The SMILES string of the molecule is CN(C)CCN(Cc1ccc(Cl)cc1)C(=O)C=Cc1ccc2c(c1)OCO2. The van der Waals surface area contributed by atoms with Gasteiger partial charge in [-0.3, -0.25) is 4.79 Å². The number of hydrogen-bond acceptors (Lipinski definition) is 4. The number of carbonyl (C=O) groups is 1. The van der Waals surface area contributed by atoms with Gasteiger partial charge in [-0.15, -0.1) is 0 Å². The summed E-state index contributed by atoms with van der Waals surface area (Å²) in [5, 5.41) is 0.688. The van der Waals surface area contributed by atoms with Gasteiger partial charge in [0.2, 0.25) is 12.7 Å². The highest BCUT2D eigenvalue weighted by Crippen LogP contribution is 2.32. The van der Waals surface area contributed by atoms with Crippen LogP contribution in [0.15, 0.2) is 48.5 Å². The molecule has 0 unspecified atom stereocenters. The molecule has 6 heteroatoms. The van der Waals surface area contributed by atoms with Gasteiger partial charge >= 0.3 is 0 Å². The summed E-state index contributed by atoms with van der Waals surface area (Å²) in [6.45, 7) is 2.20. The summed E-state index contributed by atoms with van der Waals surface area (Å²) in [6.07, 6.45) is 3.40. The van der Waals surface area contributed by atoms with Gasteiger partial charge in [-0.25, -0.2) is 0 Å². The van der Waals surface area contributed by atoms with Crippen molar-refractivity contribution in [2.75, 3.05) is 34.0 Å². The standard InChI is InChI=1S/C21H23ClN2O3/c1-23(2)11-12-24(14-17-3-7-18(22)8-4-17)21(25)10-6-16-5-9-19-20(13-16)27-15-26-19/h3-10,13H,11-12,14-15H2,1-2H3. The van der Waals surface area contributed by atoms with Crippen molar-refractivity contribution < 1.29 is 14.3 Å². The van der Waals surface area contributed by atoms with Gasteiger partial charge in [0.05, 0.1) is 0 Å². The number of halogens is 1. The van der Waals surface area contributed by atoms with Gasteiger partial charge in [-0.2, -0.15) is 0 Å². The van der Waals surface area contributed by atoms with E-state index >= 15 is 0 Å². The number of amides is 1. The summed E-state index contributed by atoms with van der Waals surface area (Å²) in [5.74, 6) is 1.40. The van der Waals surface area contributed by atoms with Gasteiger partial charge in [-0.1, -0.05) is 29.8 Å². The molecule has 1 aliphatic rings. The van der Waals surface area contributed by atoms with Gasteiger partial charge in [0.15, 0.2) is 11.5 Å². The molecule has 1 amide bonds. The van der Waals surface area contributed by atoms with E-state index in [0.717, 1.165) is 23.4 Å². The van der Waals surface area contributed by atoms with Crippen molar-refractivity contribution in [2.24, 2.45) is 0 Å². The fourth-order valence-corrected chi connectivity index (χ4v) is 2.81. The van der Waals surface area contributed by atoms with E-state index in [4.69, 9.17) is 21.1 Å². The molecule has 0 bridgehead atoms. The summed E-state index contributed by atoms with van der Waals surface area (Å²) in [4.78, 5) is 16.7. The molecule has 0 fully saturated rings. The lowest BCUT2D eigenvalue weighted by Gasteiger charge is -2.23. The molecule has 3 rings (SSSR count). The summed E-state index contributed by atoms with van der Waals surface area (Å²) < 4.78 is 10.7. The Bertz CT molecular complexity index is 819. The van der Waals surface area contributed by atoms with Crippen LogP contribution in [0.5, 0.6) is 11.5 Å². The minimum atomic E-state index is -0.0375. The third-order valence-corrected chi connectivity index (χ3v) is 4.48. The summed E-state index contributed by atoms with van der Waals surface area (Å²) in [7, 11) is 3.99. The number of fused-ring (bicyclic) bond motifs is 1. The predicted octanol–water partition coefficient (Wildman–Crippen LogP) is 3.67. The Kier molecular flexibility index (Phi) is 6.37. The average molecular weight is 387 g/mol. The molecule has 0 atom stereocenters. The second kappa shape index (κ2) is 8.93. The molecule has 2 aromatic rings. The number of ether oxygens (including phenoxy) is 2. The van der Waals surface area contributed by atoms with E-state index < -0.39 is 0 Å². The second-order valence-corrected chi connectivity index (χ2v) is 7.07. The predicted molar refractivity (Wildman–Crippen MR) is 107 cm³/mol. The Morgan fingerprint density at radius 1 is 1.07 bits per heavy atom. The van der Waals surface area contributed by atoms with Crippen molar-refractivity contribution in [2.45, 2.75) is 6.54 Å². The number of nitrogens with zero attached hydrogens (tertiary/aromatic N) is 2. The molecule has 27 heavy (non-hydrogen) atoms. The lowest BCUT2D eigenvalue weighted by molar-refractivity contribution is -0.126. The van der Waals surface area contributed by atoms with E-state index in [-0.39, 0.29) is 12.7 Å². The van der Waals surface area contributed by atoms with Gasteiger partial charge in [0.1, 0.15) is 0 Å². The van der Waals surface area contributed by atoms with Crippen LogP contribution in [0.3, 0.4) is 0 Å². The molecule has 0 radical (unpaired) electrons. The maximum Gasteiger partial charge on any atom is 0.246 e. The van der Waals surface area contributed by atoms with Gasteiger partial charge < -0.3 is 19.3 Å². The minimum Gasteiger partial charge on any atom is -0.454 e. The van der Waals surface area contributed by atoms with E-state index in [2.05, 4.69) is 4.90 Å². The number of benzene rings is 2. The molecule has 2 aromatic carbocycles. The maximum atomic E-state index is 12.8. The zero-order valence-corrected chi connectivity index (χ0v) is 16.3. The quantitative estimate of drug-likeness (QED) is 0.681. The molecule has 0 spiro atoms. The normalized spacial score (nSPS) is 12.7. The van der Waals surface area contributed by atoms with Crippen LogP contribution in [0.4, 0.5) is 0 Å². The Balaban J connectivity index is 1.70. The summed E-state index contributed by atoms with van der Waals surface area (Å²) in [5.41, 5.74) is 1.94. The third-order valence-electron chi connectivity index (χ3n) is 4.23. The monoisotopic (exact) mass is 386 g/mol. The lowest BCUT2D eigenvalue weighted by Crippen LogP contribution is -2.35. The second-order valence-electron chi connectivity index (χ2n) is 6.64. The molecule has 0 aromatic heterocycles. The van der Waals surface area contributed by atoms with Crippen LogP contribution in [0.1, 0.15) is 11.1 Å². The van der Waals surface area contributed by atoms with Crippen molar-refractivity contribution in [1.29, 1.82) is 0 Å². The molecular formula is C21H23ClN2O3. The largest absolute Gasteiger partial charge is 0.454 e. The maximum absolute atomic E-state index is 12.8. The Hall–Kier alpha value is -2.50. The van der Waals surface area contributed by atoms with E-state index in [1.54, 1.807) is 12.2 Å². The van der Waals surface area contributed by atoms with Gasteiger partial charge in [-0.05, 0) is 55.6 Å². The first kappa shape index (κ1) is 19.3. The van der Waals surface area contributed by atoms with Crippen LogP contribution in [-0.4, -0.2) is 49.7 Å². The average Bonchev–Trinajstić information content (AvgIpc) is 3.12. The molecule has 0 saturated carbocycles. The smallest absolute Gasteiger partial charge is 0.246 e. The van der Waals surface area contributed by atoms with Gasteiger partial charge in [0.25, 0.3) is 0 Å². The first-order valence-corrected chi connectivity index (χ1v) is 9.15. The Labute approximate surface area is 164 Å². The number of carbonyl (C=O) groups excluding carboxylic acids is 1. The summed E-state index contributed by atoms with van der Waals surface area (Å²) >= 11 is 5.95. The van der Waals surface area contributed by atoms with Crippen molar-refractivity contribution in [1.82, 2.24) is 9.80 Å². The highest BCUT2D eigenvalue weighted by molar-refractivity contribution is 6.30. The van der Waals surface area contributed by atoms with Crippen molar-refractivity contribution in [3.05, 3.63) is 64.7 Å². The van der Waals surface area contributed by atoms with Crippen molar-refractivity contribution in [3.8, 4) is 11.5 Å². The first-order valence-electron chi connectivity index (χ1n) is 8.77. The van der Waals surface area contributed by atoms with E-state index in [1.807, 2.05) is 61.5 Å². The molecule has 5 nitrogen and oxygen atoms in total. The van der Waals surface area contributed by atoms with Crippen LogP contribution in [-0.2, 0) is 11.3 Å². The molecule has 1 aliphatic heterocycles. The molecule has 1 heterocycles. The van der Waals surface area contributed by atoms with Crippen LogP contribution in [0.2, 0.25) is 5.02 Å². The summed E-state index contributed by atoms with van der Waals surface area (Å²) in [6, 6.07) is 13.2. The highest BCUT2D eigenvalue weighted by atomic mass is 35.5. The van der Waals surface area contributed by atoms with Crippen molar-refractivity contribution in [3.63, 3.8) is 0 Å². The molecule has 0 aliphatic carbocycles. The van der Waals surface area contributed by atoms with E-state index in [0.29, 0.717) is 23.9 Å². The molecular weight excluding hydrogens is 364 g/mol. The number of hydrogen-bond donors (Lipinski definition) is 0. The van der Waals surface area contributed by atoms with Gasteiger partial charge in [0, 0.05) is 30.7 Å². The molecule has 0 saturated heterocycles. The number of rotatable bonds is 7. The number of likely N-dealkylation sites (N-methyl/N-ethyl adjacent to an activating group) is 1. The lowest BCUT2D eigenvalue weighted by atomic mass is 10.1.